The fourth-order valence-electron chi connectivity index (χ4n) is 5.52. The molecule has 2 N–H and O–H groups in total. The number of carbonyl (C=O) groups is 1. The average Bonchev–Trinajstić information content (AvgIpc) is 3.37. The van der Waals surface area contributed by atoms with Crippen molar-refractivity contribution in [3.05, 3.63) is 71.8 Å². The number of benzene rings is 2. The fourth-order valence-corrected chi connectivity index (χ4v) is 5.52. The van der Waals surface area contributed by atoms with Crippen molar-refractivity contribution in [3.8, 4) is 11.3 Å². The molecule has 0 spiro atoms. The third-order valence-electron chi connectivity index (χ3n) is 7.06. The predicted molar refractivity (Wildman–Crippen MR) is 132 cm³/mol. The monoisotopic (exact) mass is 495 g/mol. The average molecular weight is 496 g/mol. The van der Waals surface area contributed by atoms with Gasteiger partial charge < -0.3 is 10.6 Å². The van der Waals surface area contributed by atoms with Crippen LogP contribution in [-0.2, 0) is 17.5 Å². The summed E-state index contributed by atoms with van der Waals surface area (Å²) >= 11 is 0. The number of nitrogens with zero attached hydrogens (tertiary/aromatic N) is 3. The Morgan fingerprint density at radius 1 is 0.972 bits per heavy atom. The van der Waals surface area contributed by atoms with Crippen molar-refractivity contribution >= 4 is 17.4 Å². The Balaban J connectivity index is 1.14. The standard InChI is InChI=1S/C27H28F3N5O/c1-17(36)31-22-8-6-18(7-9-22)25-10-11-26(34-33-25)32-23-12-20-15-35(16-21(20)13-23)14-19-4-2-3-5-24(19)27(28,29)30/h2-11,20-21,23H,12-16H2,1H3,(H,31,36)(H,32,34)/t20-,21+,23?. The van der Waals surface area contributed by atoms with Gasteiger partial charge in [0.05, 0.1) is 11.3 Å². The Morgan fingerprint density at radius 2 is 1.67 bits per heavy atom. The van der Waals surface area contributed by atoms with Crippen LogP contribution in [0.4, 0.5) is 24.7 Å². The van der Waals surface area contributed by atoms with E-state index in [1.807, 2.05) is 36.4 Å². The molecule has 3 aromatic rings. The van der Waals surface area contributed by atoms with Gasteiger partial charge in [0.2, 0.25) is 5.91 Å². The zero-order valence-electron chi connectivity index (χ0n) is 19.9. The molecule has 0 bridgehead atoms. The van der Waals surface area contributed by atoms with E-state index in [9.17, 15) is 18.0 Å². The van der Waals surface area contributed by atoms with Gasteiger partial charge >= 0.3 is 6.18 Å². The van der Waals surface area contributed by atoms with Gasteiger partial charge in [0.25, 0.3) is 0 Å². The van der Waals surface area contributed by atoms with E-state index in [1.54, 1.807) is 12.1 Å². The maximum atomic E-state index is 13.3. The largest absolute Gasteiger partial charge is 0.416 e. The van der Waals surface area contributed by atoms with Crippen molar-refractivity contribution in [2.45, 2.75) is 38.5 Å². The topological polar surface area (TPSA) is 70.2 Å². The Kier molecular flexibility index (Phi) is 6.66. The first-order chi connectivity index (χ1) is 17.2. The van der Waals surface area contributed by atoms with Gasteiger partial charge in [0.1, 0.15) is 5.82 Å². The van der Waals surface area contributed by atoms with E-state index in [1.165, 1.54) is 19.1 Å². The number of amides is 1. The first-order valence-corrected chi connectivity index (χ1v) is 12.1. The van der Waals surface area contributed by atoms with Crippen LogP contribution in [0.15, 0.2) is 60.7 Å². The Morgan fingerprint density at radius 3 is 2.28 bits per heavy atom. The van der Waals surface area contributed by atoms with Gasteiger partial charge in [-0.3, -0.25) is 9.69 Å². The number of hydrogen-bond donors (Lipinski definition) is 2. The molecule has 9 heteroatoms. The molecule has 1 aliphatic carbocycles. The maximum Gasteiger partial charge on any atom is 0.416 e. The highest BCUT2D eigenvalue weighted by atomic mass is 19.4. The summed E-state index contributed by atoms with van der Waals surface area (Å²) in [6.45, 7) is 3.43. The van der Waals surface area contributed by atoms with Crippen LogP contribution in [0.25, 0.3) is 11.3 Å². The summed E-state index contributed by atoms with van der Waals surface area (Å²) in [5.74, 6) is 1.54. The molecule has 6 nitrogen and oxygen atoms in total. The summed E-state index contributed by atoms with van der Waals surface area (Å²) in [5.41, 5.74) is 2.19. The Hall–Kier alpha value is -3.46. The summed E-state index contributed by atoms with van der Waals surface area (Å²) in [7, 11) is 0. The normalized spacial score (nSPS) is 21.8. The van der Waals surface area contributed by atoms with E-state index >= 15 is 0 Å². The number of rotatable bonds is 6. The van der Waals surface area contributed by atoms with Crippen molar-refractivity contribution in [3.63, 3.8) is 0 Å². The number of fused-ring (bicyclic) bond motifs is 1. The lowest BCUT2D eigenvalue weighted by atomic mass is 10.0. The number of halogens is 3. The summed E-state index contributed by atoms with van der Waals surface area (Å²) in [4.78, 5) is 13.3. The highest BCUT2D eigenvalue weighted by molar-refractivity contribution is 5.88. The molecule has 1 saturated heterocycles. The highest BCUT2D eigenvalue weighted by Crippen LogP contribution is 2.40. The zero-order chi connectivity index (χ0) is 25.3. The van der Waals surface area contributed by atoms with Gasteiger partial charge in [-0.15, -0.1) is 10.2 Å². The van der Waals surface area contributed by atoms with Crippen LogP contribution in [0.5, 0.6) is 0 Å². The van der Waals surface area contributed by atoms with Crippen LogP contribution in [0.2, 0.25) is 0 Å². The summed E-state index contributed by atoms with van der Waals surface area (Å²) in [6.07, 6.45) is -2.39. The molecule has 1 aliphatic heterocycles. The number of likely N-dealkylation sites (tertiary alicyclic amines) is 1. The first-order valence-electron chi connectivity index (χ1n) is 12.1. The molecule has 5 rings (SSSR count). The molecule has 36 heavy (non-hydrogen) atoms. The van der Waals surface area contributed by atoms with Crippen molar-refractivity contribution in [1.82, 2.24) is 15.1 Å². The quantitative estimate of drug-likeness (QED) is 0.476. The number of anilines is 2. The molecular weight excluding hydrogens is 467 g/mol. The Bertz CT molecular complexity index is 1200. The van der Waals surface area contributed by atoms with Crippen molar-refractivity contribution in [2.24, 2.45) is 11.8 Å². The third kappa shape index (κ3) is 5.51. The molecule has 2 aliphatic rings. The molecule has 1 aromatic heterocycles. The zero-order valence-corrected chi connectivity index (χ0v) is 19.9. The number of carbonyl (C=O) groups excluding carboxylic acids is 1. The van der Waals surface area contributed by atoms with Gasteiger partial charge in [-0.1, -0.05) is 30.3 Å². The second-order valence-corrected chi connectivity index (χ2v) is 9.74. The predicted octanol–water partition coefficient (Wildman–Crippen LogP) is 5.44. The van der Waals surface area contributed by atoms with E-state index in [0.717, 1.165) is 48.7 Å². The van der Waals surface area contributed by atoms with Crippen LogP contribution in [0.3, 0.4) is 0 Å². The minimum absolute atomic E-state index is 0.117. The Labute approximate surface area is 207 Å². The number of nitrogens with one attached hydrogen (secondary N) is 2. The minimum Gasteiger partial charge on any atom is -0.366 e. The van der Waals surface area contributed by atoms with Crippen LogP contribution in [-0.4, -0.2) is 40.1 Å². The molecule has 1 amide bonds. The van der Waals surface area contributed by atoms with Crippen molar-refractivity contribution < 1.29 is 18.0 Å². The molecule has 3 atom stereocenters. The van der Waals surface area contributed by atoms with Crippen LogP contribution < -0.4 is 10.6 Å². The highest BCUT2D eigenvalue weighted by Gasteiger charge is 2.41. The number of alkyl halides is 3. The lowest BCUT2D eigenvalue weighted by Gasteiger charge is -2.21. The first kappa shape index (κ1) is 24.2. The molecule has 0 radical (unpaired) electrons. The smallest absolute Gasteiger partial charge is 0.366 e. The second-order valence-electron chi connectivity index (χ2n) is 9.74. The van der Waals surface area contributed by atoms with E-state index < -0.39 is 11.7 Å². The van der Waals surface area contributed by atoms with E-state index in [0.29, 0.717) is 23.9 Å². The minimum atomic E-state index is -4.33. The molecular formula is C27H28F3N5O. The molecule has 1 unspecified atom stereocenters. The van der Waals surface area contributed by atoms with Gasteiger partial charge in [-0.2, -0.15) is 13.2 Å². The number of aromatic nitrogens is 2. The molecule has 2 aromatic carbocycles. The lowest BCUT2D eigenvalue weighted by molar-refractivity contribution is -0.138. The van der Waals surface area contributed by atoms with E-state index in [2.05, 4.69) is 25.7 Å². The SMILES string of the molecule is CC(=O)Nc1ccc(-c2ccc(NC3C[C@@H]4CN(Cc5ccccc5C(F)(F)F)C[C@@H]4C3)nn2)cc1. The van der Waals surface area contributed by atoms with Crippen LogP contribution >= 0.6 is 0 Å². The summed E-state index contributed by atoms with van der Waals surface area (Å²) < 4.78 is 40.0. The third-order valence-corrected chi connectivity index (χ3v) is 7.06. The van der Waals surface area contributed by atoms with Gasteiger partial charge in [0, 0.05) is 43.9 Å². The molecule has 2 fully saturated rings. The van der Waals surface area contributed by atoms with E-state index in [-0.39, 0.29) is 11.9 Å². The van der Waals surface area contributed by atoms with Crippen LogP contribution in [0, 0.1) is 11.8 Å². The van der Waals surface area contributed by atoms with Gasteiger partial charge in [0.15, 0.2) is 0 Å². The summed E-state index contributed by atoms with van der Waals surface area (Å²) in [5, 5.41) is 14.9. The molecule has 188 valence electrons. The molecule has 2 heterocycles. The van der Waals surface area contributed by atoms with E-state index in [4.69, 9.17) is 0 Å². The van der Waals surface area contributed by atoms with Crippen LogP contribution in [0.1, 0.15) is 30.9 Å². The van der Waals surface area contributed by atoms with Gasteiger partial charge in [-0.25, -0.2) is 0 Å². The van der Waals surface area contributed by atoms with Crippen molar-refractivity contribution in [2.75, 3.05) is 23.7 Å². The number of hydrogen-bond acceptors (Lipinski definition) is 5. The molecule has 1 saturated carbocycles. The summed E-state index contributed by atoms with van der Waals surface area (Å²) in [6, 6.07) is 17.4. The maximum absolute atomic E-state index is 13.3. The van der Waals surface area contributed by atoms with Gasteiger partial charge in [-0.05, 0) is 60.6 Å². The lowest BCUT2D eigenvalue weighted by Crippen LogP contribution is -2.26. The van der Waals surface area contributed by atoms with Crippen molar-refractivity contribution in [1.29, 1.82) is 0 Å². The fraction of sp³-hybridized carbons (Fsp3) is 0.370. The second kappa shape index (κ2) is 9.89.